The van der Waals surface area contributed by atoms with Crippen LogP contribution in [-0.2, 0) is 6.42 Å². The maximum Gasteiger partial charge on any atom is 0.258 e. The summed E-state index contributed by atoms with van der Waals surface area (Å²) in [7, 11) is 4.63. The van der Waals surface area contributed by atoms with Crippen LogP contribution in [0.15, 0.2) is 30.3 Å². The van der Waals surface area contributed by atoms with Crippen LogP contribution in [0, 0.1) is 6.92 Å². The van der Waals surface area contributed by atoms with Gasteiger partial charge in [-0.25, -0.2) is 0 Å². The summed E-state index contributed by atoms with van der Waals surface area (Å²) >= 11 is 0. The highest BCUT2D eigenvalue weighted by Gasteiger charge is 2.33. The molecule has 0 aliphatic carbocycles. The van der Waals surface area contributed by atoms with Crippen molar-refractivity contribution in [1.82, 2.24) is 0 Å². The number of hydrogen-bond acceptors (Lipinski definition) is 4. The standard InChI is InChI=1S/C20H23NO4/c1-12-7-6-8-16-15(12)9-13(2)21(16)20(22)14-10-17(23-3)19(25-5)18(11-14)24-4/h6-8,10-11,13H,9H2,1-5H3. The van der Waals surface area contributed by atoms with E-state index in [0.29, 0.717) is 22.8 Å². The fraction of sp³-hybridized carbons (Fsp3) is 0.350. The topological polar surface area (TPSA) is 48.0 Å². The zero-order chi connectivity index (χ0) is 18.1. The van der Waals surface area contributed by atoms with E-state index in [0.717, 1.165) is 12.1 Å². The van der Waals surface area contributed by atoms with E-state index in [1.54, 1.807) is 33.5 Å². The highest BCUT2D eigenvalue weighted by atomic mass is 16.5. The molecule has 0 fully saturated rings. The van der Waals surface area contributed by atoms with E-state index in [9.17, 15) is 4.79 Å². The van der Waals surface area contributed by atoms with Crippen molar-refractivity contribution in [2.45, 2.75) is 26.3 Å². The van der Waals surface area contributed by atoms with Gasteiger partial charge in [0.15, 0.2) is 11.5 Å². The maximum atomic E-state index is 13.2. The first-order valence-electron chi connectivity index (χ1n) is 8.23. The fourth-order valence-electron chi connectivity index (χ4n) is 3.46. The van der Waals surface area contributed by atoms with Crippen molar-refractivity contribution in [2.24, 2.45) is 0 Å². The molecule has 0 N–H and O–H groups in total. The number of carbonyl (C=O) groups is 1. The number of nitrogens with zero attached hydrogens (tertiary/aromatic N) is 1. The highest BCUT2D eigenvalue weighted by Crippen LogP contribution is 2.40. The van der Waals surface area contributed by atoms with Crippen LogP contribution in [-0.4, -0.2) is 33.3 Å². The van der Waals surface area contributed by atoms with Gasteiger partial charge in [-0.15, -0.1) is 0 Å². The van der Waals surface area contributed by atoms with E-state index in [1.807, 2.05) is 17.0 Å². The third kappa shape index (κ3) is 2.80. The van der Waals surface area contributed by atoms with Crippen LogP contribution in [0.4, 0.5) is 5.69 Å². The van der Waals surface area contributed by atoms with E-state index in [-0.39, 0.29) is 11.9 Å². The number of fused-ring (bicyclic) bond motifs is 1. The lowest BCUT2D eigenvalue weighted by molar-refractivity contribution is 0.0980. The van der Waals surface area contributed by atoms with Crippen LogP contribution in [0.25, 0.3) is 0 Å². The first kappa shape index (κ1) is 17.1. The van der Waals surface area contributed by atoms with E-state index >= 15 is 0 Å². The highest BCUT2D eigenvalue weighted by molar-refractivity contribution is 6.08. The molecule has 0 saturated carbocycles. The van der Waals surface area contributed by atoms with Crippen molar-refractivity contribution in [1.29, 1.82) is 0 Å². The summed E-state index contributed by atoms with van der Waals surface area (Å²) in [6.07, 6.45) is 0.859. The Morgan fingerprint density at radius 2 is 1.72 bits per heavy atom. The Balaban J connectivity index is 2.06. The van der Waals surface area contributed by atoms with Crippen LogP contribution >= 0.6 is 0 Å². The summed E-state index contributed by atoms with van der Waals surface area (Å²) in [4.78, 5) is 15.1. The van der Waals surface area contributed by atoms with Gasteiger partial charge in [0.1, 0.15) is 0 Å². The number of methoxy groups -OCH3 is 3. The number of carbonyl (C=O) groups excluding carboxylic acids is 1. The predicted octanol–water partition coefficient (Wildman–Crippen LogP) is 3.61. The van der Waals surface area contributed by atoms with Gasteiger partial charge in [0.05, 0.1) is 21.3 Å². The average molecular weight is 341 g/mol. The minimum atomic E-state index is -0.0731. The first-order chi connectivity index (χ1) is 12.0. The molecule has 132 valence electrons. The smallest absolute Gasteiger partial charge is 0.258 e. The van der Waals surface area contributed by atoms with Crippen molar-refractivity contribution in [3.63, 3.8) is 0 Å². The van der Waals surface area contributed by atoms with Gasteiger partial charge >= 0.3 is 0 Å². The van der Waals surface area contributed by atoms with Crippen LogP contribution in [0.2, 0.25) is 0 Å². The van der Waals surface area contributed by atoms with Gasteiger partial charge in [0, 0.05) is 17.3 Å². The van der Waals surface area contributed by atoms with Crippen molar-refractivity contribution in [3.05, 3.63) is 47.0 Å². The summed E-state index contributed by atoms with van der Waals surface area (Å²) in [5.74, 6) is 1.35. The lowest BCUT2D eigenvalue weighted by atomic mass is 10.1. The lowest BCUT2D eigenvalue weighted by Gasteiger charge is -2.24. The Kier molecular flexibility index (Phi) is 4.57. The Hall–Kier alpha value is -2.69. The number of benzene rings is 2. The molecule has 2 aromatic rings. The number of aryl methyl sites for hydroxylation is 1. The molecule has 1 amide bonds. The van der Waals surface area contributed by atoms with Crippen molar-refractivity contribution in [3.8, 4) is 17.2 Å². The Morgan fingerprint density at radius 3 is 2.28 bits per heavy atom. The molecule has 1 atom stereocenters. The molecular weight excluding hydrogens is 318 g/mol. The molecule has 1 heterocycles. The Morgan fingerprint density at radius 1 is 1.08 bits per heavy atom. The Bertz CT molecular complexity index is 790. The molecule has 3 rings (SSSR count). The molecule has 5 nitrogen and oxygen atoms in total. The van der Waals surface area contributed by atoms with Crippen LogP contribution in [0.5, 0.6) is 17.2 Å². The second-order valence-corrected chi connectivity index (χ2v) is 6.21. The van der Waals surface area contributed by atoms with E-state index < -0.39 is 0 Å². The van der Waals surface area contributed by atoms with Gasteiger partial charge in [-0.3, -0.25) is 4.79 Å². The fourth-order valence-corrected chi connectivity index (χ4v) is 3.46. The molecule has 2 aromatic carbocycles. The molecule has 0 radical (unpaired) electrons. The normalized spacial score (nSPS) is 15.7. The second kappa shape index (κ2) is 6.67. The number of amides is 1. The zero-order valence-corrected chi connectivity index (χ0v) is 15.3. The Labute approximate surface area is 148 Å². The van der Waals surface area contributed by atoms with Gasteiger partial charge in [0.2, 0.25) is 5.75 Å². The molecule has 0 aromatic heterocycles. The summed E-state index contributed by atoms with van der Waals surface area (Å²) in [5.41, 5.74) is 3.93. The quantitative estimate of drug-likeness (QED) is 0.852. The molecule has 0 spiro atoms. The molecule has 25 heavy (non-hydrogen) atoms. The number of rotatable bonds is 4. The van der Waals surface area contributed by atoms with Crippen molar-refractivity contribution < 1.29 is 19.0 Å². The van der Waals surface area contributed by atoms with E-state index in [1.165, 1.54) is 11.1 Å². The minimum absolute atomic E-state index is 0.0731. The minimum Gasteiger partial charge on any atom is -0.493 e. The molecular formula is C20H23NO4. The third-order valence-electron chi connectivity index (χ3n) is 4.72. The van der Waals surface area contributed by atoms with Gasteiger partial charge in [-0.1, -0.05) is 12.1 Å². The third-order valence-corrected chi connectivity index (χ3v) is 4.72. The van der Waals surface area contributed by atoms with Crippen molar-refractivity contribution in [2.75, 3.05) is 26.2 Å². The molecule has 1 aliphatic heterocycles. The van der Waals surface area contributed by atoms with Gasteiger partial charge in [0.25, 0.3) is 5.91 Å². The average Bonchev–Trinajstić information content (AvgIpc) is 2.97. The maximum absolute atomic E-state index is 13.2. The number of hydrogen-bond donors (Lipinski definition) is 0. The van der Waals surface area contributed by atoms with Gasteiger partial charge in [-0.05, 0) is 49.6 Å². The summed E-state index contributed by atoms with van der Waals surface area (Å²) in [6, 6.07) is 9.57. The van der Waals surface area contributed by atoms with Crippen LogP contribution in [0.1, 0.15) is 28.4 Å². The monoisotopic (exact) mass is 341 g/mol. The first-order valence-corrected chi connectivity index (χ1v) is 8.23. The molecule has 1 unspecified atom stereocenters. The lowest BCUT2D eigenvalue weighted by Crippen LogP contribution is -2.35. The van der Waals surface area contributed by atoms with Crippen molar-refractivity contribution >= 4 is 11.6 Å². The van der Waals surface area contributed by atoms with E-state index in [2.05, 4.69) is 19.9 Å². The molecule has 1 aliphatic rings. The molecule has 5 heteroatoms. The summed E-state index contributed by atoms with van der Waals surface area (Å²) in [6.45, 7) is 4.15. The predicted molar refractivity (Wildman–Crippen MR) is 97.3 cm³/mol. The number of ether oxygens (including phenoxy) is 3. The van der Waals surface area contributed by atoms with Gasteiger partial charge in [-0.2, -0.15) is 0 Å². The van der Waals surface area contributed by atoms with Gasteiger partial charge < -0.3 is 19.1 Å². The molecule has 0 saturated heterocycles. The second-order valence-electron chi connectivity index (χ2n) is 6.21. The van der Waals surface area contributed by atoms with E-state index in [4.69, 9.17) is 14.2 Å². The summed E-state index contributed by atoms with van der Waals surface area (Å²) in [5, 5.41) is 0. The zero-order valence-electron chi connectivity index (χ0n) is 15.3. The SMILES string of the molecule is COc1cc(C(=O)N2c3cccc(C)c3CC2C)cc(OC)c1OC. The molecule has 0 bridgehead atoms. The van der Waals surface area contributed by atoms with Crippen LogP contribution < -0.4 is 19.1 Å². The van der Waals surface area contributed by atoms with Crippen LogP contribution in [0.3, 0.4) is 0 Å². The number of anilines is 1. The largest absolute Gasteiger partial charge is 0.493 e. The summed E-state index contributed by atoms with van der Waals surface area (Å²) < 4.78 is 16.1.